The van der Waals surface area contributed by atoms with Gasteiger partial charge in [0.25, 0.3) is 0 Å². The smallest absolute Gasteiger partial charge is 0.0677 e. The van der Waals surface area contributed by atoms with Crippen molar-refractivity contribution >= 4 is 0 Å². The number of aryl methyl sites for hydroxylation is 3. The monoisotopic (exact) mass is 229 g/mol. The Morgan fingerprint density at radius 3 is 2.88 bits per heavy atom. The SMILES string of the molecule is Cc1ccc(C)c(-n2cc(CCCN)cn2)c1. The lowest BCUT2D eigenvalue weighted by Gasteiger charge is -2.06. The standard InChI is InChI=1S/C14H19N3/c1-11-5-6-12(2)14(8-11)17-10-13(9-16-17)4-3-7-15/h5-6,8-10H,3-4,7,15H2,1-2H3. The van der Waals surface area contributed by atoms with Crippen molar-refractivity contribution in [3.05, 3.63) is 47.3 Å². The number of benzene rings is 1. The van der Waals surface area contributed by atoms with Crippen LogP contribution in [0.5, 0.6) is 0 Å². The summed E-state index contributed by atoms with van der Waals surface area (Å²) in [5.74, 6) is 0. The molecular formula is C14H19N3. The molecule has 90 valence electrons. The molecule has 1 heterocycles. The van der Waals surface area contributed by atoms with Crippen molar-refractivity contribution in [2.24, 2.45) is 5.73 Å². The summed E-state index contributed by atoms with van der Waals surface area (Å²) in [6, 6.07) is 6.42. The Hall–Kier alpha value is -1.61. The maximum Gasteiger partial charge on any atom is 0.0677 e. The minimum atomic E-state index is 0.731. The average Bonchev–Trinajstić information content (AvgIpc) is 2.78. The van der Waals surface area contributed by atoms with Gasteiger partial charge in [0.1, 0.15) is 0 Å². The van der Waals surface area contributed by atoms with Gasteiger partial charge in [0.2, 0.25) is 0 Å². The molecular weight excluding hydrogens is 210 g/mol. The minimum absolute atomic E-state index is 0.731. The lowest BCUT2D eigenvalue weighted by atomic mass is 10.1. The van der Waals surface area contributed by atoms with Crippen LogP contribution in [0, 0.1) is 13.8 Å². The fourth-order valence-electron chi connectivity index (χ4n) is 1.89. The van der Waals surface area contributed by atoms with E-state index in [1.165, 1.54) is 16.7 Å². The van der Waals surface area contributed by atoms with Crippen molar-refractivity contribution in [2.45, 2.75) is 26.7 Å². The van der Waals surface area contributed by atoms with Gasteiger partial charge in [-0.3, -0.25) is 0 Å². The summed E-state index contributed by atoms with van der Waals surface area (Å²) in [4.78, 5) is 0. The molecule has 0 aliphatic heterocycles. The Kier molecular flexibility index (Phi) is 3.59. The Labute approximate surface area is 102 Å². The molecule has 0 radical (unpaired) electrons. The van der Waals surface area contributed by atoms with Crippen molar-refractivity contribution in [1.29, 1.82) is 0 Å². The zero-order valence-electron chi connectivity index (χ0n) is 10.5. The van der Waals surface area contributed by atoms with Gasteiger partial charge < -0.3 is 5.73 Å². The van der Waals surface area contributed by atoms with Crippen LogP contribution in [0.15, 0.2) is 30.6 Å². The molecule has 2 aromatic rings. The third-order valence-electron chi connectivity index (χ3n) is 2.92. The molecule has 2 N–H and O–H groups in total. The Balaban J connectivity index is 2.27. The lowest BCUT2D eigenvalue weighted by molar-refractivity contribution is 0.830. The lowest BCUT2D eigenvalue weighted by Crippen LogP contribution is -2.00. The maximum absolute atomic E-state index is 5.51. The largest absolute Gasteiger partial charge is 0.330 e. The topological polar surface area (TPSA) is 43.8 Å². The molecule has 0 saturated heterocycles. The van der Waals surface area contributed by atoms with Crippen LogP contribution < -0.4 is 5.73 Å². The van der Waals surface area contributed by atoms with E-state index in [9.17, 15) is 0 Å². The van der Waals surface area contributed by atoms with Crippen molar-refractivity contribution < 1.29 is 0 Å². The van der Waals surface area contributed by atoms with Crippen molar-refractivity contribution in [3.63, 3.8) is 0 Å². The molecule has 0 bridgehead atoms. The van der Waals surface area contributed by atoms with E-state index >= 15 is 0 Å². The van der Waals surface area contributed by atoms with E-state index in [-0.39, 0.29) is 0 Å². The van der Waals surface area contributed by atoms with Gasteiger partial charge in [-0.2, -0.15) is 5.10 Å². The number of hydrogen-bond donors (Lipinski definition) is 1. The van der Waals surface area contributed by atoms with Crippen molar-refractivity contribution in [1.82, 2.24) is 9.78 Å². The van der Waals surface area contributed by atoms with Crippen molar-refractivity contribution in [3.8, 4) is 5.69 Å². The summed E-state index contributed by atoms with van der Waals surface area (Å²) in [6.45, 7) is 4.94. The molecule has 0 fully saturated rings. The van der Waals surface area contributed by atoms with Crippen LogP contribution >= 0.6 is 0 Å². The first-order valence-electron chi connectivity index (χ1n) is 6.02. The predicted octanol–water partition coefficient (Wildman–Crippen LogP) is 2.38. The van der Waals surface area contributed by atoms with E-state index in [0.29, 0.717) is 0 Å². The van der Waals surface area contributed by atoms with Crippen LogP contribution in [0.1, 0.15) is 23.1 Å². The highest BCUT2D eigenvalue weighted by atomic mass is 15.3. The fourth-order valence-corrected chi connectivity index (χ4v) is 1.89. The zero-order chi connectivity index (χ0) is 12.3. The van der Waals surface area contributed by atoms with Crippen molar-refractivity contribution in [2.75, 3.05) is 6.54 Å². The second-order valence-corrected chi connectivity index (χ2v) is 4.48. The zero-order valence-corrected chi connectivity index (χ0v) is 10.5. The molecule has 0 saturated carbocycles. The third kappa shape index (κ3) is 2.74. The first-order valence-corrected chi connectivity index (χ1v) is 6.02. The summed E-state index contributed by atoms with van der Waals surface area (Å²) in [7, 11) is 0. The summed E-state index contributed by atoms with van der Waals surface area (Å²) in [5, 5.41) is 4.42. The molecule has 0 atom stereocenters. The normalized spacial score (nSPS) is 10.8. The molecule has 1 aromatic carbocycles. The van der Waals surface area contributed by atoms with Gasteiger partial charge in [-0.15, -0.1) is 0 Å². The van der Waals surface area contributed by atoms with E-state index in [2.05, 4.69) is 43.3 Å². The van der Waals surface area contributed by atoms with E-state index in [4.69, 9.17) is 5.73 Å². The van der Waals surface area contributed by atoms with Gasteiger partial charge in [-0.1, -0.05) is 12.1 Å². The predicted molar refractivity (Wildman–Crippen MR) is 70.4 cm³/mol. The number of nitrogens with two attached hydrogens (primary N) is 1. The second-order valence-electron chi connectivity index (χ2n) is 4.48. The van der Waals surface area contributed by atoms with E-state index < -0.39 is 0 Å². The Morgan fingerprint density at radius 1 is 1.29 bits per heavy atom. The van der Waals surface area contributed by atoms with Crippen LogP contribution in [0.25, 0.3) is 5.69 Å². The Morgan fingerprint density at radius 2 is 2.12 bits per heavy atom. The molecule has 0 spiro atoms. The van der Waals surface area contributed by atoms with E-state index in [1.807, 2.05) is 10.9 Å². The van der Waals surface area contributed by atoms with Crippen LogP contribution in [0.4, 0.5) is 0 Å². The van der Waals surface area contributed by atoms with Gasteiger partial charge in [0.15, 0.2) is 0 Å². The van der Waals surface area contributed by atoms with Gasteiger partial charge >= 0.3 is 0 Å². The summed E-state index contributed by atoms with van der Waals surface area (Å²) < 4.78 is 1.95. The highest BCUT2D eigenvalue weighted by Crippen LogP contribution is 2.16. The van der Waals surface area contributed by atoms with Gasteiger partial charge in [-0.05, 0) is 56.0 Å². The fraction of sp³-hybridized carbons (Fsp3) is 0.357. The van der Waals surface area contributed by atoms with Gasteiger partial charge in [-0.25, -0.2) is 4.68 Å². The molecule has 0 unspecified atom stereocenters. The summed E-state index contributed by atoms with van der Waals surface area (Å²) in [6.07, 6.45) is 6.04. The molecule has 3 heteroatoms. The number of aromatic nitrogens is 2. The van der Waals surface area contributed by atoms with E-state index in [0.717, 1.165) is 25.1 Å². The van der Waals surface area contributed by atoms with Crippen LogP contribution in [-0.2, 0) is 6.42 Å². The second kappa shape index (κ2) is 5.15. The third-order valence-corrected chi connectivity index (χ3v) is 2.92. The molecule has 2 rings (SSSR count). The maximum atomic E-state index is 5.51. The van der Waals surface area contributed by atoms with E-state index in [1.54, 1.807) is 0 Å². The average molecular weight is 229 g/mol. The van der Waals surface area contributed by atoms with Crippen LogP contribution in [0.2, 0.25) is 0 Å². The number of hydrogen-bond acceptors (Lipinski definition) is 2. The molecule has 0 amide bonds. The quantitative estimate of drug-likeness (QED) is 0.874. The van der Waals surface area contributed by atoms with Gasteiger partial charge in [0.05, 0.1) is 11.9 Å². The highest BCUT2D eigenvalue weighted by molar-refractivity contribution is 5.42. The first kappa shape index (κ1) is 11.9. The van der Waals surface area contributed by atoms with Crippen LogP contribution in [0.3, 0.4) is 0 Å². The number of rotatable bonds is 4. The Bertz CT molecular complexity index is 500. The van der Waals surface area contributed by atoms with Crippen LogP contribution in [-0.4, -0.2) is 16.3 Å². The summed E-state index contributed by atoms with van der Waals surface area (Å²) >= 11 is 0. The molecule has 0 aliphatic carbocycles. The molecule has 17 heavy (non-hydrogen) atoms. The first-order chi connectivity index (χ1) is 8.20. The summed E-state index contributed by atoms with van der Waals surface area (Å²) in [5.41, 5.74) is 10.4. The van der Waals surface area contributed by atoms with Gasteiger partial charge in [0, 0.05) is 6.20 Å². The minimum Gasteiger partial charge on any atom is -0.330 e. The molecule has 3 nitrogen and oxygen atoms in total. The number of nitrogens with zero attached hydrogens (tertiary/aromatic N) is 2. The highest BCUT2D eigenvalue weighted by Gasteiger charge is 2.04. The molecule has 1 aromatic heterocycles. The molecule has 0 aliphatic rings.